The van der Waals surface area contributed by atoms with Crippen molar-refractivity contribution in [3.05, 3.63) is 0 Å². The molecule has 4 atom stereocenters. The lowest BCUT2D eigenvalue weighted by atomic mass is 10.0. The van der Waals surface area contributed by atoms with Crippen LogP contribution in [0.25, 0.3) is 0 Å². The van der Waals surface area contributed by atoms with Crippen LogP contribution in [-0.2, 0) is 41.7 Å². The molecule has 9 heteroatoms. The van der Waals surface area contributed by atoms with Gasteiger partial charge in [-0.1, -0.05) is 132 Å². The molecule has 0 saturated heterocycles. The van der Waals surface area contributed by atoms with Gasteiger partial charge in [0.05, 0.1) is 26.4 Å². The quantitative estimate of drug-likeness (QED) is 0.0702. The zero-order chi connectivity index (χ0) is 31.0. The van der Waals surface area contributed by atoms with E-state index in [-0.39, 0.29) is 0 Å². The lowest BCUT2D eigenvalue weighted by Gasteiger charge is -2.32. The first-order valence-electron chi connectivity index (χ1n) is 17.2. The maximum absolute atomic E-state index is 6.64. The van der Waals surface area contributed by atoms with E-state index < -0.39 is 11.4 Å². The molecule has 0 spiro atoms. The van der Waals surface area contributed by atoms with Gasteiger partial charge in [-0.3, -0.25) is 0 Å². The SMILES string of the molecule is CCCCC(CC)COP(=S)(OCC(CC)CCCC)SP(=S)(OCC(CC)CCCC)OCC(CC)CCCC. The molecule has 248 valence electrons. The van der Waals surface area contributed by atoms with Gasteiger partial charge in [-0.15, -0.1) is 0 Å². The van der Waals surface area contributed by atoms with Gasteiger partial charge in [0.25, 0.3) is 11.4 Å². The summed E-state index contributed by atoms with van der Waals surface area (Å²) in [6.45, 7) is 20.5. The lowest BCUT2D eigenvalue weighted by molar-refractivity contribution is 0.185. The Labute approximate surface area is 271 Å². The van der Waals surface area contributed by atoms with Crippen molar-refractivity contribution in [2.75, 3.05) is 26.4 Å². The van der Waals surface area contributed by atoms with Crippen LogP contribution in [0.1, 0.15) is 158 Å². The van der Waals surface area contributed by atoms with E-state index >= 15 is 0 Å². The highest BCUT2D eigenvalue weighted by Gasteiger charge is 2.35. The van der Waals surface area contributed by atoms with Crippen LogP contribution in [0.4, 0.5) is 0 Å². The maximum atomic E-state index is 6.64. The van der Waals surface area contributed by atoms with E-state index in [2.05, 4.69) is 55.4 Å². The van der Waals surface area contributed by atoms with E-state index in [1.807, 2.05) is 0 Å². The summed E-state index contributed by atoms with van der Waals surface area (Å²) in [6.07, 6.45) is 18.6. The first-order valence-corrected chi connectivity index (χ1v) is 24.5. The zero-order valence-corrected chi connectivity index (χ0v) is 32.4. The highest BCUT2D eigenvalue weighted by Crippen LogP contribution is 2.80. The summed E-state index contributed by atoms with van der Waals surface area (Å²) >= 11 is 14.1. The standard InChI is InChI=1S/C32H68O4P2S3/c1-9-17-21-29(13-5)25-33-37(39,34-26-30(14-6)22-18-10-2)41-38(40,35-27-31(15-7)23-19-11-3)36-28-32(16-8)24-20-12-4/h29-32H,9-28H2,1-8H3. The molecule has 0 aromatic rings. The molecule has 0 rings (SSSR count). The van der Waals surface area contributed by atoms with Gasteiger partial charge in [-0.25, -0.2) is 0 Å². The van der Waals surface area contributed by atoms with Crippen LogP contribution in [0.5, 0.6) is 0 Å². The summed E-state index contributed by atoms with van der Waals surface area (Å²) in [6, 6.07) is 0. The summed E-state index contributed by atoms with van der Waals surface area (Å²) in [5.74, 6) is 1.95. The summed E-state index contributed by atoms with van der Waals surface area (Å²) in [5, 5.41) is 0. The van der Waals surface area contributed by atoms with Gasteiger partial charge >= 0.3 is 0 Å². The van der Waals surface area contributed by atoms with Crippen LogP contribution in [-0.4, -0.2) is 26.4 Å². The molecular formula is C32H68O4P2S3. The van der Waals surface area contributed by atoms with E-state index in [1.54, 1.807) is 0 Å². The van der Waals surface area contributed by atoms with Gasteiger partial charge in [-0.2, -0.15) is 0 Å². The van der Waals surface area contributed by atoms with Gasteiger partial charge in [-0.05, 0) is 73.0 Å². The van der Waals surface area contributed by atoms with Crippen molar-refractivity contribution >= 4 is 46.0 Å². The molecule has 41 heavy (non-hydrogen) atoms. The maximum Gasteiger partial charge on any atom is 0.256 e. The summed E-state index contributed by atoms with van der Waals surface area (Å²) in [5.41, 5.74) is -5.55. The molecule has 4 nitrogen and oxygen atoms in total. The predicted octanol–water partition coefficient (Wildman–Crippen LogP) is 13.1. The number of unbranched alkanes of at least 4 members (excludes halogenated alkanes) is 4. The van der Waals surface area contributed by atoms with Crippen LogP contribution < -0.4 is 0 Å². The molecule has 0 heterocycles. The third kappa shape index (κ3) is 21.0. The van der Waals surface area contributed by atoms with E-state index in [0.717, 1.165) is 51.4 Å². The Hall–Kier alpha value is 1.49. The third-order valence-corrected chi connectivity index (χ3v) is 21.4. The average molecular weight is 675 g/mol. The van der Waals surface area contributed by atoms with Crippen LogP contribution >= 0.6 is 22.4 Å². The molecule has 0 aliphatic carbocycles. The van der Waals surface area contributed by atoms with Crippen LogP contribution in [0.2, 0.25) is 0 Å². The molecule has 0 radical (unpaired) electrons. The fourth-order valence-corrected chi connectivity index (χ4v) is 19.4. The lowest BCUT2D eigenvalue weighted by Crippen LogP contribution is -2.13. The Bertz CT molecular complexity index is 594. The smallest absolute Gasteiger partial charge is 0.256 e. The van der Waals surface area contributed by atoms with E-state index in [0.29, 0.717) is 50.1 Å². The number of rotatable bonds is 30. The number of hydrogen-bond donors (Lipinski definition) is 0. The average Bonchev–Trinajstić information content (AvgIpc) is 2.97. The van der Waals surface area contributed by atoms with E-state index in [1.165, 1.54) is 62.4 Å². The van der Waals surface area contributed by atoms with Crippen molar-refractivity contribution < 1.29 is 18.1 Å². The minimum Gasteiger partial charge on any atom is -0.321 e. The van der Waals surface area contributed by atoms with Crippen LogP contribution in [0.3, 0.4) is 0 Å². The van der Waals surface area contributed by atoms with Crippen molar-refractivity contribution in [3.63, 3.8) is 0 Å². The fraction of sp³-hybridized carbons (Fsp3) is 1.00. The topological polar surface area (TPSA) is 36.9 Å². The second-order valence-electron chi connectivity index (χ2n) is 11.8. The molecule has 0 fully saturated rings. The van der Waals surface area contributed by atoms with Crippen molar-refractivity contribution in [1.29, 1.82) is 0 Å². The molecule has 0 N–H and O–H groups in total. The van der Waals surface area contributed by atoms with Gasteiger partial charge in [0.15, 0.2) is 0 Å². The summed E-state index contributed by atoms with van der Waals surface area (Å²) in [7, 11) is 0. The van der Waals surface area contributed by atoms with Crippen LogP contribution in [0.15, 0.2) is 0 Å². The van der Waals surface area contributed by atoms with Gasteiger partial charge in [0.2, 0.25) is 0 Å². The van der Waals surface area contributed by atoms with Crippen molar-refractivity contribution in [2.45, 2.75) is 158 Å². The predicted molar refractivity (Wildman–Crippen MR) is 193 cm³/mol. The van der Waals surface area contributed by atoms with E-state index in [9.17, 15) is 0 Å². The first-order chi connectivity index (χ1) is 19.7. The fourth-order valence-electron chi connectivity index (χ4n) is 4.67. The van der Waals surface area contributed by atoms with E-state index in [4.69, 9.17) is 41.7 Å². The van der Waals surface area contributed by atoms with Crippen LogP contribution in [0, 0.1) is 23.7 Å². The molecule has 0 amide bonds. The molecular weight excluding hydrogens is 606 g/mol. The molecule has 0 aliphatic rings. The largest absolute Gasteiger partial charge is 0.321 e. The Morgan fingerprint density at radius 3 is 0.829 bits per heavy atom. The Kier molecular flexibility index (Phi) is 27.7. The monoisotopic (exact) mass is 674 g/mol. The first kappa shape index (κ1) is 42.5. The summed E-state index contributed by atoms with van der Waals surface area (Å²) < 4.78 is 26.6. The molecule has 4 unspecified atom stereocenters. The minimum absolute atomic E-state index is 0.486. The van der Waals surface area contributed by atoms with Gasteiger partial charge < -0.3 is 18.1 Å². The second kappa shape index (κ2) is 26.7. The Balaban J connectivity index is 5.97. The third-order valence-electron chi connectivity index (χ3n) is 8.25. The van der Waals surface area contributed by atoms with Gasteiger partial charge in [0.1, 0.15) is 0 Å². The minimum atomic E-state index is -2.77. The Morgan fingerprint density at radius 1 is 0.439 bits per heavy atom. The number of hydrogen-bond acceptors (Lipinski definition) is 7. The molecule has 0 aromatic carbocycles. The van der Waals surface area contributed by atoms with Gasteiger partial charge in [0, 0.05) is 11.0 Å². The molecule has 0 bridgehead atoms. The molecule has 0 saturated carbocycles. The van der Waals surface area contributed by atoms with Crippen molar-refractivity contribution in [1.82, 2.24) is 0 Å². The van der Waals surface area contributed by atoms with Crippen molar-refractivity contribution in [3.8, 4) is 0 Å². The highest BCUT2D eigenvalue weighted by molar-refractivity contribution is 8.96. The Morgan fingerprint density at radius 2 is 0.659 bits per heavy atom. The molecule has 0 aliphatic heterocycles. The van der Waals surface area contributed by atoms with Crippen molar-refractivity contribution in [2.24, 2.45) is 23.7 Å². The zero-order valence-electron chi connectivity index (χ0n) is 28.2. The highest BCUT2D eigenvalue weighted by atomic mass is 33.2. The molecule has 0 aromatic heterocycles. The normalized spacial score (nSPS) is 18.0. The summed E-state index contributed by atoms with van der Waals surface area (Å²) in [4.78, 5) is 0. The second-order valence-corrected chi connectivity index (χ2v) is 23.9.